The van der Waals surface area contributed by atoms with E-state index < -0.39 is 18.6 Å². The van der Waals surface area contributed by atoms with E-state index in [1.807, 2.05) is 24.3 Å². The van der Waals surface area contributed by atoms with Gasteiger partial charge in [0.1, 0.15) is 6.04 Å². The number of para-hydroxylation sites is 1. The van der Waals surface area contributed by atoms with Gasteiger partial charge in [0.05, 0.1) is 23.9 Å². The number of hydrogen-bond acceptors (Lipinski definition) is 4. The third-order valence-electron chi connectivity index (χ3n) is 3.47. The van der Waals surface area contributed by atoms with Crippen LogP contribution in [-0.2, 0) is 11.8 Å². The third-order valence-corrected chi connectivity index (χ3v) is 3.47. The molecule has 1 heterocycles. The van der Waals surface area contributed by atoms with Crippen molar-refractivity contribution in [2.24, 2.45) is 7.05 Å². The van der Waals surface area contributed by atoms with Crippen molar-refractivity contribution in [1.29, 1.82) is 5.26 Å². The van der Waals surface area contributed by atoms with Crippen LogP contribution in [0.1, 0.15) is 17.3 Å². The molecule has 0 aliphatic carbocycles. The van der Waals surface area contributed by atoms with Crippen LogP contribution in [0.4, 0.5) is 0 Å². The van der Waals surface area contributed by atoms with Crippen LogP contribution in [0.3, 0.4) is 0 Å². The molecule has 2 N–H and O–H groups in total. The van der Waals surface area contributed by atoms with Gasteiger partial charge in [0.25, 0.3) is 5.56 Å². The second-order valence-electron chi connectivity index (χ2n) is 4.81. The highest BCUT2D eigenvalue weighted by molar-refractivity contribution is 5.69. The number of nitrogens with one attached hydrogen (secondary N) is 1. The summed E-state index contributed by atoms with van der Waals surface area (Å²) in [7, 11) is 1.72. The predicted molar refractivity (Wildman–Crippen MR) is 79.7 cm³/mol. The molecule has 1 aromatic carbocycles. The lowest BCUT2D eigenvalue weighted by Crippen LogP contribution is -2.30. The summed E-state index contributed by atoms with van der Waals surface area (Å²) < 4.78 is 3.11. The lowest BCUT2D eigenvalue weighted by Gasteiger charge is -2.08. The van der Waals surface area contributed by atoms with E-state index in [2.05, 4.69) is 5.32 Å². The Bertz CT molecular complexity index is 784. The quantitative estimate of drug-likeness (QED) is 0.847. The van der Waals surface area contributed by atoms with Crippen LogP contribution in [0.15, 0.2) is 35.1 Å². The summed E-state index contributed by atoms with van der Waals surface area (Å²) >= 11 is 0. The predicted octanol–water partition coefficient (Wildman–Crippen LogP) is 0.723. The number of nitrogens with zero attached hydrogens (tertiary/aromatic N) is 3. The first-order valence-electron chi connectivity index (χ1n) is 6.66. The summed E-state index contributed by atoms with van der Waals surface area (Å²) in [4.78, 5) is 23.3. The Labute approximate surface area is 127 Å². The van der Waals surface area contributed by atoms with Crippen LogP contribution in [0.5, 0.6) is 0 Å². The van der Waals surface area contributed by atoms with Gasteiger partial charge >= 0.3 is 5.97 Å². The van der Waals surface area contributed by atoms with Gasteiger partial charge in [-0.05, 0) is 19.1 Å². The molecule has 0 saturated heterocycles. The van der Waals surface area contributed by atoms with Crippen LogP contribution >= 0.6 is 0 Å². The highest BCUT2D eigenvalue weighted by Crippen LogP contribution is 2.16. The van der Waals surface area contributed by atoms with Crippen molar-refractivity contribution in [1.82, 2.24) is 14.7 Å². The molecule has 114 valence electrons. The standard InChI is InChI=1S/C15H16N4O3/c1-10-14(12(8-16)17-9-13(20)21)15(22)19(18(10)2)11-6-4-3-5-7-11/h3-7,12,17H,9H2,1-2H3,(H,20,21). The van der Waals surface area contributed by atoms with E-state index in [0.29, 0.717) is 11.4 Å². The number of benzene rings is 1. The van der Waals surface area contributed by atoms with Gasteiger partial charge in [-0.15, -0.1) is 0 Å². The van der Waals surface area contributed by atoms with Gasteiger partial charge in [-0.2, -0.15) is 5.26 Å². The first-order valence-corrected chi connectivity index (χ1v) is 6.66. The van der Waals surface area contributed by atoms with Crippen LogP contribution in [-0.4, -0.2) is 27.0 Å². The normalized spacial score (nSPS) is 11.9. The fraction of sp³-hybridized carbons (Fsp3) is 0.267. The smallest absolute Gasteiger partial charge is 0.317 e. The molecule has 0 aliphatic heterocycles. The van der Waals surface area contributed by atoms with Gasteiger partial charge in [-0.1, -0.05) is 18.2 Å². The number of aromatic nitrogens is 2. The molecule has 0 fully saturated rings. The van der Waals surface area contributed by atoms with E-state index in [1.165, 1.54) is 4.68 Å². The Kier molecular flexibility index (Phi) is 4.44. The number of carboxylic acids is 1. The second-order valence-corrected chi connectivity index (χ2v) is 4.81. The zero-order chi connectivity index (χ0) is 16.3. The monoisotopic (exact) mass is 300 g/mol. The molecule has 7 nitrogen and oxygen atoms in total. The largest absolute Gasteiger partial charge is 0.480 e. The molecule has 0 radical (unpaired) electrons. The molecule has 0 amide bonds. The molecular formula is C15H16N4O3. The molecule has 0 saturated carbocycles. The first-order chi connectivity index (χ1) is 10.5. The molecule has 1 aromatic heterocycles. The zero-order valence-electron chi connectivity index (χ0n) is 12.3. The fourth-order valence-corrected chi connectivity index (χ4v) is 2.32. The average molecular weight is 300 g/mol. The molecule has 2 aromatic rings. The fourth-order valence-electron chi connectivity index (χ4n) is 2.32. The maximum absolute atomic E-state index is 12.7. The van der Waals surface area contributed by atoms with Crippen molar-refractivity contribution >= 4 is 5.97 Å². The first kappa shape index (κ1) is 15.5. The molecular weight excluding hydrogens is 284 g/mol. The van der Waals surface area contributed by atoms with Crippen LogP contribution in [0.2, 0.25) is 0 Å². The summed E-state index contributed by atoms with van der Waals surface area (Å²) in [5.41, 5.74) is 1.21. The minimum atomic E-state index is -1.09. The molecule has 0 aliphatic rings. The van der Waals surface area contributed by atoms with Gasteiger partial charge in [-0.3, -0.25) is 19.6 Å². The lowest BCUT2D eigenvalue weighted by molar-refractivity contribution is -0.136. The number of hydrogen-bond donors (Lipinski definition) is 2. The van der Waals surface area contributed by atoms with Crippen molar-refractivity contribution in [3.05, 3.63) is 51.9 Å². The van der Waals surface area contributed by atoms with Gasteiger partial charge in [-0.25, -0.2) is 4.68 Å². The van der Waals surface area contributed by atoms with Gasteiger partial charge in [0.15, 0.2) is 0 Å². The molecule has 22 heavy (non-hydrogen) atoms. The Hall–Kier alpha value is -2.85. The highest BCUT2D eigenvalue weighted by Gasteiger charge is 2.24. The lowest BCUT2D eigenvalue weighted by atomic mass is 10.1. The van der Waals surface area contributed by atoms with Gasteiger partial charge in [0, 0.05) is 12.7 Å². The topological polar surface area (TPSA) is 100 Å². The molecule has 0 bridgehead atoms. The highest BCUT2D eigenvalue weighted by atomic mass is 16.4. The van der Waals surface area contributed by atoms with E-state index in [4.69, 9.17) is 5.11 Å². The molecule has 0 spiro atoms. The Balaban J connectivity index is 2.53. The van der Waals surface area contributed by atoms with Crippen LogP contribution in [0, 0.1) is 18.3 Å². The van der Waals surface area contributed by atoms with Crippen molar-refractivity contribution in [2.45, 2.75) is 13.0 Å². The number of rotatable bonds is 5. The van der Waals surface area contributed by atoms with E-state index >= 15 is 0 Å². The van der Waals surface area contributed by atoms with Crippen molar-refractivity contribution in [3.63, 3.8) is 0 Å². The number of carbonyl (C=O) groups is 1. The Morgan fingerprint density at radius 3 is 2.59 bits per heavy atom. The van der Waals surface area contributed by atoms with E-state index in [0.717, 1.165) is 0 Å². The van der Waals surface area contributed by atoms with Crippen molar-refractivity contribution < 1.29 is 9.90 Å². The SMILES string of the molecule is Cc1c(C(C#N)NCC(=O)O)c(=O)n(-c2ccccc2)n1C. The third kappa shape index (κ3) is 2.77. The average Bonchev–Trinajstić information content (AvgIpc) is 2.72. The van der Waals surface area contributed by atoms with Crippen molar-refractivity contribution in [2.75, 3.05) is 6.54 Å². The van der Waals surface area contributed by atoms with Crippen molar-refractivity contribution in [3.8, 4) is 11.8 Å². The van der Waals surface area contributed by atoms with E-state index in [1.54, 1.807) is 30.8 Å². The minimum absolute atomic E-state index is 0.259. The molecule has 7 heteroatoms. The summed E-state index contributed by atoms with van der Waals surface area (Å²) in [6, 6.07) is 10.0. The summed E-state index contributed by atoms with van der Waals surface area (Å²) in [6.07, 6.45) is 0. The zero-order valence-corrected chi connectivity index (χ0v) is 12.3. The second kappa shape index (κ2) is 6.28. The maximum Gasteiger partial charge on any atom is 0.317 e. The number of aliphatic carboxylic acids is 1. The molecule has 2 rings (SSSR count). The Morgan fingerprint density at radius 1 is 1.41 bits per heavy atom. The minimum Gasteiger partial charge on any atom is -0.480 e. The molecule has 1 unspecified atom stereocenters. The van der Waals surface area contributed by atoms with Gasteiger partial charge < -0.3 is 5.11 Å². The number of nitriles is 1. The maximum atomic E-state index is 12.7. The van der Waals surface area contributed by atoms with Gasteiger partial charge in [0.2, 0.25) is 0 Å². The number of carboxylic acid groups (broad SMARTS) is 1. The Morgan fingerprint density at radius 2 is 2.05 bits per heavy atom. The summed E-state index contributed by atoms with van der Waals surface area (Å²) in [5.74, 6) is -1.09. The summed E-state index contributed by atoms with van der Waals surface area (Å²) in [5, 5.41) is 20.5. The van der Waals surface area contributed by atoms with E-state index in [-0.39, 0.29) is 11.1 Å². The molecule has 1 atom stereocenters. The van der Waals surface area contributed by atoms with Crippen LogP contribution in [0.25, 0.3) is 5.69 Å². The summed E-state index contributed by atoms with van der Waals surface area (Å²) in [6.45, 7) is 1.33. The van der Waals surface area contributed by atoms with E-state index in [9.17, 15) is 14.9 Å². The van der Waals surface area contributed by atoms with Crippen LogP contribution < -0.4 is 10.9 Å².